The van der Waals surface area contributed by atoms with Crippen LogP contribution >= 0.6 is 0 Å². The Kier molecular flexibility index (Phi) is 2.90. The largest absolute Gasteiger partial charge is 0.376 e. The van der Waals surface area contributed by atoms with Gasteiger partial charge in [0.25, 0.3) is 0 Å². The Hall–Kier alpha value is -0.0800. The molecule has 11 heavy (non-hydrogen) atoms. The number of hydrogen-bond acceptors (Lipinski definition) is 2. The monoisotopic (exact) mass is 157 g/mol. The Morgan fingerprint density at radius 1 is 1.45 bits per heavy atom. The molecule has 1 saturated heterocycles. The van der Waals surface area contributed by atoms with Crippen LogP contribution in [0.5, 0.6) is 0 Å². The van der Waals surface area contributed by atoms with Gasteiger partial charge in [-0.3, -0.25) is 0 Å². The Balaban J connectivity index is 2.11. The molecule has 0 radical (unpaired) electrons. The predicted molar refractivity (Wildman–Crippen MR) is 46.7 cm³/mol. The van der Waals surface area contributed by atoms with Crippen molar-refractivity contribution in [2.45, 2.75) is 32.8 Å². The highest BCUT2D eigenvalue weighted by Gasteiger charge is 2.18. The summed E-state index contributed by atoms with van der Waals surface area (Å²) in [6.45, 7) is 9.53. The van der Waals surface area contributed by atoms with Crippen molar-refractivity contribution in [3.05, 3.63) is 0 Å². The maximum absolute atomic E-state index is 5.67. The summed E-state index contributed by atoms with van der Waals surface area (Å²) >= 11 is 0. The van der Waals surface area contributed by atoms with Crippen LogP contribution in [0.3, 0.4) is 0 Å². The topological polar surface area (TPSA) is 21.3 Å². The molecule has 1 N–H and O–H groups in total. The van der Waals surface area contributed by atoms with E-state index in [1.807, 2.05) is 0 Å². The third-order valence-corrected chi connectivity index (χ3v) is 1.91. The first-order valence-electron chi connectivity index (χ1n) is 4.42. The van der Waals surface area contributed by atoms with Gasteiger partial charge in [0.15, 0.2) is 0 Å². The highest BCUT2D eigenvalue weighted by molar-refractivity contribution is 4.71. The number of ether oxygens (including phenoxy) is 1. The van der Waals surface area contributed by atoms with Crippen molar-refractivity contribution in [1.82, 2.24) is 5.32 Å². The summed E-state index contributed by atoms with van der Waals surface area (Å²) in [5.41, 5.74) is 0.0303. The van der Waals surface area contributed by atoms with Crippen molar-refractivity contribution in [1.29, 1.82) is 0 Å². The van der Waals surface area contributed by atoms with E-state index in [9.17, 15) is 0 Å². The van der Waals surface area contributed by atoms with E-state index in [0.29, 0.717) is 0 Å². The van der Waals surface area contributed by atoms with Gasteiger partial charge >= 0.3 is 0 Å². The molecule has 1 rings (SSSR count). The van der Waals surface area contributed by atoms with Crippen molar-refractivity contribution in [2.75, 3.05) is 19.7 Å². The molecule has 1 fully saturated rings. The normalized spacial score (nSPS) is 25.9. The zero-order valence-corrected chi connectivity index (χ0v) is 7.81. The van der Waals surface area contributed by atoms with Crippen molar-refractivity contribution >= 4 is 0 Å². The molecule has 0 saturated carbocycles. The zero-order chi connectivity index (χ0) is 8.32. The van der Waals surface area contributed by atoms with Crippen molar-refractivity contribution < 1.29 is 4.74 Å². The second-order valence-corrected chi connectivity index (χ2v) is 4.28. The first-order chi connectivity index (χ1) is 5.08. The minimum Gasteiger partial charge on any atom is -0.376 e. The lowest BCUT2D eigenvalue weighted by Crippen LogP contribution is -2.24. The van der Waals surface area contributed by atoms with Crippen LogP contribution in [0.15, 0.2) is 0 Å². The van der Waals surface area contributed by atoms with Crippen LogP contribution in [0, 0.1) is 5.92 Å². The Morgan fingerprint density at radius 3 is 2.64 bits per heavy atom. The molecule has 0 amide bonds. The Labute approximate surface area is 69.3 Å². The number of rotatable bonds is 2. The van der Waals surface area contributed by atoms with Gasteiger partial charge in [0.05, 0.1) is 12.2 Å². The van der Waals surface area contributed by atoms with Gasteiger partial charge < -0.3 is 10.1 Å². The minimum absolute atomic E-state index is 0.0303. The van der Waals surface area contributed by atoms with E-state index in [1.165, 1.54) is 6.42 Å². The van der Waals surface area contributed by atoms with Crippen LogP contribution in [0.4, 0.5) is 0 Å². The second kappa shape index (κ2) is 3.55. The first kappa shape index (κ1) is 9.01. The van der Waals surface area contributed by atoms with E-state index in [4.69, 9.17) is 4.74 Å². The molecular weight excluding hydrogens is 138 g/mol. The summed E-state index contributed by atoms with van der Waals surface area (Å²) in [5, 5.41) is 3.33. The quantitative estimate of drug-likeness (QED) is 0.654. The third-order valence-electron chi connectivity index (χ3n) is 1.91. The fourth-order valence-corrected chi connectivity index (χ4v) is 1.22. The van der Waals surface area contributed by atoms with Crippen LogP contribution < -0.4 is 5.32 Å². The fraction of sp³-hybridized carbons (Fsp3) is 1.00. The average Bonchev–Trinajstić information content (AvgIpc) is 2.32. The molecular formula is C9H19NO. The third kappa shape index (κ3) is 3.73. The SMILES string of the molecule is CC(C)(C)OC[C@H]1CCNC1. The minimum atomic E-state index is 0.0303. The molecule has 2 heteroatoms. The van der Waals surface area contributed by atoms with Crippen molar-refractivity contribution in [3.63, 3.8) is 0 Å². The molecule has 0 bridgehead atoms. The first-order valence-corrected chi connectivity index (χ1v) is 4.42. The maximum Gasteiger partial charge on any atom is 0.0598 e. The molecule has 1 aliphatic rings. The highest BCUT2D eigenvalue weighted by atomic mass is 16.5. The highest BCUT2D eigenvalue weighted by Crippen LogP contribution is 2.13. The van der Waals surface area contributed by atoms with E-state index >= 15 is 0 Å². The molecule has 66 valence electrons. The maximum atomic E-state index is 5.67. The fourth-order valence-electron chi connectivity index (χ4n) is 1.22. The summed E-state index contributed by atoms with van der Waals surface area (Å²) in [4.78, 5) is 0. The van der Waals surface area contributed by atoms with Crippen molar-refractivity contribution in [2.24, 2.45) is 5.92 Å². The Morgan fingerprint density at radius 2 is 2.18 bits per heavy atom. The lowest BCUT2D eigenvalue weighted by Gasteiger charge is -2.21. The number of nitrogens with one attached hydrogen (secondary N) is 1. The summed E-state index contributed by atoms with van der Waals surface area (Å²) in [6.07, 6.45) is 1.27. The van der Waals surface area contributed by atoms with Gasteiger partial charge in [-0.2, -0.15) is 0 Å². The summed E-state index contributed by atoms with van der Waals surface area (Å²) < 4.78 is 5.67. The van der Waals surface area contributed by atoms with Gasteiger partial charge in [0.2, 0.25) is 0 Å². The van der Waals surface area contributed by atoms with E-state index in [0.717, 1.165) is 25.6 Å². The molecule has 1 heterocycles. The molecule has 1 atom stereocenters. The van der Waals surface area contributed by atoms with Crippen LogP contribution in [0.2, 0.25) is 0 Å². The van der Waals surface area contributed by atoms with Gasteiger partial charge in [-0.25, -0.2) is 0 Å². The molecule has 2 nitrogen and oxygen atoms in total. The lowest BCUT2D eigenvalue weighted by atomic mass is 10.1. The molecule has 0 aliphatic carbocycles. The van der Waals surface area contributed by atoms with Crippen LogP contribution in [-0.4, -0.2) is 25.3 Å². The van der Waals surface area contributed by atoms with Crippen LogP contribution in [0.1, 0.15) is 27.2 Å². The summed E-state index contributed by atoms with van der Waals surface area (Å²) in [7, 11) is 0. The van der Waals surface area contributed by atoms with Gasteiger partial charge in [-0.05, 0) is 39.7 Å². The van der Waals surface area contributed by atoms with E-state index in [1.54, 1.807) is 0 Å². The van der Waals surface area contributed by atoms with Gasteiger partial charge in [0, 0.05) is 6.54 Å². The van der Waals surface area contributed by atoms with E-state index in [2.05, 4.69) is 26.1 Å². The van der Waals surface area contributed by atoms with E-state index in [-0.39, 0.29) is 5.60 Å². The molecule has 0 aromatic carbocycles. The second-order valence-electron chi connectivity index (χ2n) is 4.28. The standard InChI is InChI=1S/C9H19NO/c1-9(2,3)11-7-8-4-5-10-6-8/h8,10H,4-7H2,1-3H3/t8-/m0/s1. The molecule has 0 aromatic heterocycles. The molecule has 0 spiro atoms. The molecule has 0 aromatic rings. The predicted octanol–water partition coefficient (Wildman–Crippen LogP) is 1.41. The van der Waals surface area contributed by atoms with Crippen LogP contribution in [0.25, 0.3) is 0 Å². The van der Waals surface area contributed by atoms with Gasteiger partial charge in [-0.1, -0.05) is 0 Å². The van der Waals surface area contributed by atoms with Crippen LogP contribution in [-0.2, 0) is 4.74 Å². The zero-order valence-electron chi connectivity index (χ0n) is 7.81. The van der Waals surface area contributed by atoms with Gasteiger partial charge in [-0.15, -0.1) is 0 Å². The number of hydrogen-bond donors (Lipinski definition) is 1. The Bertz CT molecular complexity index is 111. The smallest absolute Gasteiger partial charge is 0.0598 e. The van der Waals surface area contributed by atoms with E-state index < -0.39 is 0 Å². The average molecular weight is 157 g/mol. The summed E-state index contributed by atoms with van der Waals surface area (Å²) in [5.74, 6) is 0.745. The molecule has 1 aliphatic heterocycles. The summed E-state index contributed by atoms with van der Waals surface area (Å²) in [6, 6.07) is 0. The molecule has 0 unspecified atom stereocenters. The van der Waals surface area contributed by atoms with Gasteiger partial charge in [0.1, 0.15) is 0 Å². The lowest BCUT2D eigenvalue weighted by molar-refractivity contribution is -0.0191. The van der Waals surface area contributed by atoms with Crippen molar-refractivity contribution in [3.8, 4) is 0 Å².